The number of rotatable bonds is 6. The molecular formula is C18H20FNO3. The maximum atomic E-state index is 13.6. The van der Waals surface area contributed by atoms with Crippen molar-refractivity contribution in [3.8, 4) is 11.5 Å². The van der Waals surface area contributed by atoms with Crippen LogP contribution >= 0.6 is 0 Å². The highest BCUT2D eigenvalue weighted by atomic mass is 19.1. The van der Waals surface area contributed by atoms with E-state index in [0.717, 1.165) is 5.56 Å². The monoisotopic (exact) mass is 317 g/mol. The van der Waals surface area contributed by atoms with Gasteiger partial charge in [-0.1, -0.05) is 18.2 Å². The summed E-state index contributed by atoms with van der Waals surface area (Å²) in [6, 6.07) is 11.3. The zero-order valence-electron chi connectivity index (χ0n) is 13.4. The second-order valence-electron chi connectivity index (χ2n) is 5.17. The number of hydrogen-bond acceptors (Lipinski definition) is 3. The molecule has 0 spiro atoms. The van der Waals surface area contributed by atoms with Gasteiger partial charge in [0.15, 0.2) is 0 Å². The van der Waals surface area contributed by atoms with Gasteiger partial charge in [0.25, 0.3) is 0 Å². The summed E-state index contributed by atoms with van der Waals surface area (Å²) in [5, 5.41) is 2.86. The molecule has 0 fully saturated rings. The van der Waals surface area contributed by atoms with Crippen LogP contribution in [0.1, 0.15) is 24.1 Å². The highest BCUT2D eigenvalue weighted by Gasteiger charge is 2.16. The summed E-state index contributed by atoms with van der Waals surface area (Å²) in [6.07, 6.45) is -0.0106. The average molecular weight is 317 g/mol. The molecular weight excluding hydrogens is 297 g/mol. The van der Waals surface area contributed by atoms with Gasteiger partial charge in [0.05, 0.1) is 26.7 Å². The summed E-state index contributed by atoms with van der Waals surface area (Å²) in [6.45, 7) is 1.84. The van der Waals surface area contributed by atoms with Crippen molar-refractivity contribution in [1.29, 1.82) is 0 Å². The molecule has 5 heteroatoms. The normalized spacial score (nSPS) is 11.7. The van der Waals surface area contributed by atoms with Gasteiger partial charge in [0.2, 0.25) is 5.91 Å². The van der Waals surface area contributed by atoms with E-state index in [0.29, 0.717) is 17.1 Å². The van der Waals surface area contributed by atoms with Crippen molar-refractivity contribution in [3.63, 3.8) is 0 Å². The molecule has 0 saturated heterocycles. The second kappa shape index (κ2) is 7.63. The maximum absolute atomic E-state index is 13.6. The van der Waals surface area contributed by atoms with Gasteiger partial charge in [-0.2, -0.15) is 0 Å². The fourth-order valence-electron chi connectivity index (χ4n) is 2.36. The first-order valence-corrected chi connectivity index (χ1v) is 7.30. The predicted octanol–water partition coefficient (Wildman–Crippen LogP) is 3.26. The van der Waals surface area contributed by atoms with Crippen LogP contribution < -0.4 is 14.8 Å². The first kappa shape index (κ1) is 16.8. The van der Waals surface area contributed by atoms with Gasteiger partial charge in [-0.05, 0) is 36.8 Å². The third-order valence-electron chi connectivity index (χ3n) is 3.59. The summed E-state index contributed by atoms with van der Waals surface area (Å²) in [5.74, 6) is 0.697. The zero-order valence-corrected chi connectivity index (χ0v) is 13.4. The molecule has 1 amide bonds. The van der Waals surface area contributed by atoms with Crippen LogP contribution in [-0.4, -0.2) is 20.1 Å². The molecule has 1 unspecified atom stereocenters. The highest BCUT2D eigenvalue weighted by molar-refractivity contribution is 5.79. The third-order valence-corrected chi connectivity index (χ3v) is 3.59. The Morgan fingerprint density at radius 3 is 2.57 bits per heavy atom. The molecule has 2 rings (SSSR count). The number of hydrogen-bond donors (Lipinski definition) is 1. The smallest absolute Gasteiger partial charge is 0.225 e. The molecule has 122 valence electrons. The van der Waals surface area contributed by atoms with Crippen LogP contribution in [0, 0.1) is 5.82 Å². The molecule has 4 nitrogen and oxygen atoms in total. The van der Waals surface area contributed by atoms with Crippen LogP contribution in [0.25, 0.3) is 0 Å². The molecule has 0 saturated carbocycles. The molecule has 0 aromatic heterocycles. The Kier molecular flexibility index (Phi) is 5.57. The topological polar surface area (TPSA) is 47.6 Å². The molecule has 1 atom stereocenters. The quantitative estimate of drug-likeness (QED) is 0.889. The Hall–Kier alpha value is -2.56. The van der Waals surface area contributed by atoms with Crippen LogP contribution in [0.15, 0.2) is 42.5 Å². The summed E-state index contributed by atoms with van der Waals surface area (Å²) >= 11 is 0. The third kappa shape index (κ3) is 4.22. The molecule has 0 heterocycles. The Labute approximate surface area is 135 Å². The molecule has 1 N–H and O–H groups in total. The van der Waals surface area contributed by atoms with E-state index < -0.39 is 0 Å². The van der Waals surface area contributed by atoms with Crippen molar-refractivity contribution < 1.29 is 18.7 Å². The summed E-state index contributed by atoms with van der Waals surface area (Å²) in [5.41, 5.74) is 1.17. The number of halogens is 1. The second-order valence-corrected chi connectivity index (χ2v) is 5.17. The van der Waals surface area contributed by atoms with Crippen LogP contribution in [0.2, 0.25) is 0 Å². The predicted molar refractivity (Wildman–Crippen MR) is 86.2 cm³/mol. The van der Waals surface area contributed by atoms with Gasteiger partial charge in [-0.15, -0.1) is 0 Å². The fraction of sp³-hybridized carbons (Fsp3) is 0.278. The number of nitrogens with one attached hydrogen (secondary N) is 1. The van der Waals surface area contributed by atoms with Gasteiger partial charge in [0.1, 0.15) is 17.3 Å². The number of methoxy groups -OCH3 is 2. The molecule has 23 heavy (non-hydrogen) atoms. The lowest BCUT2D eigenvalue weighted by atomic mass is 10.1. The first-order chi connectivity index (χ1) is 11.0. The first-order valence-electron chi connectivity index (χ1n) is 7.30. The highest BCUT2D eigenvalue weighted by Crippen LogP contribution is 2.29. The average Bonchev–Trinajstić information content (AvgIpc) is 2.56. The maximum Gasteiger partial charge on any atom is 0.225 e. The number of carbonyl (C=O) groups is 1. The van der Waals surface area contributed by atoms with Crippen molar-refractivity contribution in [2.24, 2.45) is 0 Å². The molecule has 0 radical (unpaired) electrons. The minimum absolute atomic E-state index is 0.0106. The van der Waals surface area contributed by atoms with E-state index in [-0.39, 0.29) is 24.2 Å². The molecule has 0 bridgehead atoms. The van der Waals surface area contributed by atoms with E-state index in [9.17, 15) is 9.18 Å². The lowest BCUT2D eigenvalue weighted by Gasteiger charge is -2.18. The van der Waals surface area contributed by atoms with Crippen LogP contribution in [0.3, 0.4) is 0 Å². The van der Waals surface area contributed by atoms with Crippen LogP contribution in [0.4, 0.5) is 4.39 Å². The summed E-state index contributed by atoms with van der Waals surface area (Å²) in [7, 11) is 3.15. The number of carbonyl (C=O) groups excluding carboxylic acids is 1. The van der Waals surface area contributed by atoms with Crippen LogP contribution in [-0.2, 0) is 11.2 Å². The molecule has 0 aliphatic rings. The van der Waals surface area contributed by atoms with Gasteiger partial charge < -0.3 is 14.8 Å². The van der Waals surface area contributed by atoms with Gasteiger partial charge in [-0.25, -0.2) is 4.39 Å². The van der Waals surface area contributed by atoms with E-state index in [1.807, 2.05) is 13.0 Å². The van der Waals surface area contributed by atoms with Crippen molar-refractivity contribution in [2.75, 3.05) is 14.2 Å². The SMILES string of the molecule is COc1ccc(OC)c(C(C)NC(=O)Cc2ccccc2F)c1. The Bertz CT molecular complexity index is 688. The van der Waals surface area contributed by atoms with Crippen molar-refractivity contribution in [3.05, 3.63) is 59.4 Å². The van der Waals surface area contributed by atoms with E-state index in [1.54, 1.807) is 44.6 Å². The zero-order chi connectivity index (χ0) is 16.8. The lowest BCUT2D eigenvalue weighted by molar-refractivity contribution is -0.121. The van der Waals surface area contributed by atoms with Crippen molar-refractivity contribution in [1.82, 2.24) is 5.32 Å². The standard InChI is InChI=1S/C18H20FNO3/c1-12(15-11-14(22-2)8-9-17(15)23-3)20-18(21)10-13-6-4-5-7-16(13)19/h4-9,11-12H,10H2,1-3H3,(H,20,21). The number of amides is 1. The largest absolute Gasteiger partial charge is 0.497 e. The molecule has 0 aliphatic carbocycles. The van der Waals surface area contributed by atoms with Crippen LogP contribution in [0.5, 0.6) is 11.5 Å². The Morgan fingerprint density at radius 2 is 1.91 bits per heavy atom. The minimum atomic E-state index is -0.380. The van der Waals surface area contributed by atoms with E-state index in [1.165, 1.54) is 6.07 Å². The Balaban J connectivity index is 2.10. The lowest BCUT2D eigenvalue weighted by Crippen LogP contribution is -2.28. The van der Waals surface area contributed by atoms with E-state index in [2.05, 4.69) is 5.32 Å². The fourth-order valence-corrected chi connectivity index (χ4v) is 2.36. The summed E-state index contributed by atoms with van der Waals surface area (Å²) in [4.78, 5) is 12.2. The van der Waals surface area contributed by atoms with Gasteiger partial charge in [0, 0.05) is 5.56 Å². The van der Waals surface area contributed by atoms with Crippen molar-refractivity contribution >= 4 is 5.91 Å². The molecule has 0 aliphatic heterocycles. The Morgan fingerprint density at radius 1 is 1.17 bits per heavy atom. The van der Waals surface area contributed by atoms with E-state index in [4.69, 9.17) is 9.47 Å². The van der Waals surface area contributed by atoms with E-state index >= 15 is 0 Å². The van der Waals surface area contributed by atoms with Gasteiger partial charge >= 0.3 is 0 Å². The molecule has 2 aromatic rings. The van der Waals surface area contributed by atoms with Crippen molar-refractivity contribution in [2.45, 2.75) is 19.4 Å². The van der Waals surface area contributed by atoms with Gasteiger partial charge in [-0.3, -0.25) is 4.79 Å². The minimum Gasteiger partial charge on any atom is -0.497 e. The summed E-state index contributed by atoms with van der Waals surface area (Å²) < 4.78 is 24.1. The molecule has 2 aromatic carbocycles. The number of ether oxygens (including phenoxy) is 2. The number of benzene rings is 2.